The van der Waals surface area contributed by atoms with Gasteiger partial charge in [0, 0.05) is 49.8 Å². The molecule has 6 nitrogen and oxygen atoms in total. The highest BCUT2D eigenvalue weighted by Crippen LogP contribution is 2.24. The van der Waals surface area contributed by atoms with E-state index in [9.17, 15) is 4.79 Å². The fraction of sp³-hybridized carbons (Fsp3) is 0.737. The summed E-state index contributed by atoms with van der Waals surface area (Å²) in [5.41, 5.74) is 6.62. The highest BCUT2D eigenvalue weighted by Gasteiger charge is 2.23. The van der Waals surface area contributed by atoms with Crippen LogP contribution in [0.25, 0.3) is 0 Å². The number of thiazole rings is 1. The van der Waals surface area contributed by atoms with E-state index in [-0.39, 0.29) is 11.3 Å². The fourth-order valence-electron chi connectivity index (χ4n) is 3.16. The average molecular weight is 380 g/mol. The molecule has 2 rings (SSSR count). The molecule has 1 atom stereocenters. The number of hydrogen-bond acceptors (Lipinski definition) is 4. The number of carbonyl (C=O) groups excluding carboxylic acids is 1. The standard InChI is InChI=1S/C19H33N5OS/c1-5-21-18(24-10-6-7-14(12-24)11-16(20)25)22-9-8-17-23-15(13-26-17)19(2,3)4/h13-14H,5-12H2,1-4H3,(H2,20,25)(H,21,22). The minimum absolute atomic E-state index is 0.0934. The molecule has 1 aliphatic heterocycles. The van der Waals surface area contributed by atoms with Gasteiger partial charge in [0.25, 0.3) is 0 Å². The Morgan fingerprint density at radius 1 is 1.50 bits per heavy atom. The molecule has 1 saturated heterocycles. The summed E-state index contributed by atoms with van der Waals surface area (Å²) in [7, 11) is 0. The molecule has 1 aliphatic rings. The second-order valence-corrected chi connectivity index (χ2v) is 8.93. The Kier molecular flexibility index (Phi) is 7.43. The third-order valence-electron chi connectivity index (χ3n) is 4.55. The lowest BCUT2D eigenvalue weighted by molar-refractivity contribution is -0.119. The van der Waals surface area contributed by atoms with Crippen LogP contribution in [0.15, 0.2) is 10.4 Å². The molecule has 3 N–H and O–H groups in total. The number of guanidine groups is 1. The van der Waals surface area contributed by atoms with E-state index in [0.29, 0.717) is 12.3 Å². The summed E-state index contributed by atoms with van der Waals surface area (Å²) >= 11 is 1.72. The summed E-state index contributed by atoms with van der Waals surface area (Å²) in [4.78, 5) is 23.0. The van der Waals surface area contributed by atoms with Gasteiger partial charge in [-0.05, 0) is 25.7 Å². The van der Waals surface area contributed by atoms with Crippen molar-refractivity contribution in [2.24, 2.45) is 16.6 Å². The van der Waals surface area contributed by atoms with Crippen LogP contribution in [0.4, 0.5) is 0 Å². The summed E-state index contributed by atoms with van der Waals surface area (Å²) in [5.74, 6) is 1.06. The number of piperidine rings is 1. The first kappa shape index (κ1) is 20.7. The average Bonchev–Trinajstić information content (AvgIpc) is 3.03. The lowest BCUT2D eigenvalue weighted by Gasteiger charge is -2.34. The monoisotopic (exact) mass is 379 g/mol. The third-order valence-corrected chi connectivity index (χ3v) is 5.46. The number of nitrogens with two attached hydrogens (primary N) is 1. The predicted octanol–water partition coefficient (Wildman–Crippen LogP) is 2.54. The van der Waals surface area contributed by atoms with E-state index < -0.39 is 0 Å². The maximum absolute atomic E-state index is 11.2. The Labute approximate surface area is 161 Å². The third kappa shape index (κ3) is 6.27. The SMILES string of the molecule is CCNC(=NCCc1nc(C(C)(C)C)cs1)N1CCCC(CC(N)=O)C1. The molecule has 1 aromatic rings. The van der Waals surface area contributed by atoms with E-state index in [2.05, 4.69) is 43.3 Å². The van der Waals surface area contributed by atoms with Crippen molar-refractivity contribution in [3.8, 4) is 0 Å². The molecule has 0 spiro atoms. The van der Waals surface area contributed by atoms with E-state index in [1.165, 1.54) is 0 Å². The summed E-state index contributed by atoms with van der Waals surface area (Å²) in [5, 5.41) is 6.68. The highest BCUT2D eigenvalue weighted by atomic mass is 32.1. The molecule has 1 amide bonds. The summed E-state index contributed by atoms with van der Waals surface area (Å²) in [6.45, 7) is 12.0. The molecule has 26 heavy (non-hydrogen) atoms. The number of nitrogens with zero attached hydrogens (tertiary/aromatic N) is 3. The molecular weight excluding hydrogens is 346 g/mol. The van der Waals surface area contributed by atoms with Gasteiger partial charge in [0.05, 0.1) is 10.7 Å². The summed E-state index contributed by atoms with van der Waals surface area (Å²) in [6, 6.07) is 0. The molecule has 0 radical (unpaired) electrons. The lowest BCUT2D eigenvalue weighted by atomic mass is 9.93. The summed E-state index contributed by atoms with van der Waals surface area (Å²) in [6.07, 6.45) is 3.45. The van der Waals surface area contributed by atoms with Crippen molar-refractivity contribution in [1.29, 1.82) is 0 Å². The van der Waals surface area contributed by atoms with Crippen LogP contribution >= 0.6 is 11.3 Å². The van der Waals surface area contributed by atoms with Crippen LogP contribution in [0.5, 0.6) is 0 Å². The number of likely N-dealkylation sites (tertiary alicyclic amines) is 1. The minimum atomic E-state index is -0.211. The maximum Gasteiger partial charge on any atom is 0.217 e. The number of primary amides is 1. The van der Waals surface area contributed by atoms with Crippen molar-refractivity contribution >= 4 is 23.2 Å². The molecule has 2 heterocycles. The molecule has 0 bridgehead atoms. The van der Waals surface area contributed by atoms with Crippen LogP contribution in [0.3, 0.4) is 0 Å². The van der Waals surface area contributed by atoms with Gasteiger partial charge >= 0.3 is 0 Å². The first-order chi connectivity index (χ1) is 12.3. The van der Waals surface area contributed by atoms with Crippen molar-refractivity contribution in [2.45, 2.75) is 58.8 Å². The zero-order valence-electron chi connectivity index (χ0n) is 16.5. The van der Waals surface area contributed by atoms with Crippen LogP contribution in [-0.2, 0) is 16.6 Å². The highest BCUT2D eigenvalue weighted by molar-refractivity contribution is 7.09. The summed E-state index contributed by atoms with van der Waals surface area (Å²) < 4.78 is 0. The zero-order chi connectivity index (χ0) is 19.2. The molecule has 0 saturated carbocycles. The second-order valence-electron chi connectivity index (χ2n) is 7.99. The molecule has 1 unspecified atom stereocenters. The number of hydrogen-bond donors (Lipinski definition) is 2. The largest absolute Gasteiger partial charge is 0.370 e. The molecule has 1 aromatic heterocycles. The van der Waals surface area contributed by atoms with Gasteiger partial charge in [0.15, 0.2) is 5.96 Å². The molecule has 7 heteroatoms. The van der Waals surface area contributed by atoms with Crippen LogP contribution in [-0.4, -0.2) is 47.9 Å². The Hall–Kier alpha value is -1.63. The Morgan fingerprint density at radius 2 is 2.27 bits per heavy atom. The first-order valence-electron chi connectivity index (χ1n) is 9.56. The predicted molar refractivity (Wildman–Crippen MR) is 109 cm³/mol. The van der Waals surface area contributed by atoms with E-state index in [1.54, 1.807) is 11.3 Å². The lowest BCUT2D eigenvalue weighted by Crippen LogP contribution is -2.47. The van der Waals surface area contributed by atoms with Gasteiger partial charge in [-0.2, -0.15) is 0 Å². The van der Waals surface area contributed by atoms with E-state index in [4.69, 9.17) is 15.7 Å². The number of nitrogens with one attached hydrogen (secondary N) is 1. The molecule has 146 valence electrons. The number of carbonyl (C=O) groups is 1. The van der Waals surface area contributed by atoms with E-state index >= 15 is 0 Å². The molecule has 0 aromatic carbocycles. The number of aliphatic imine (C=N–C) groups is 1. The molecule has 1 fully saturated rings. The van der Waals surface area contributed by atoms with Gasteiger partial charge in [-0.3, -0.25) is 9.79 Å². The van der Waals surface area contributed by atoms with Gasteiger partial charge in [-0.15, -0.1) is 11.3 Å². The smallest absolute Gasteiger partial charge is 0.217 e. The van der Waals surface area contributed by atoms with Crippen LogP contribution in [0.1, 0.15) is 57.7 Å². The van der Waals surface area contributed by atoms with Gasteiger partial charge in [-0.1, -0.05) is 20.8 Å². The quantitative estimate of drug-likeness (QED) is 0.588. The van der Waals surface area contributed by atoms with E-state index in [0.717, 1.165) is 62.1 Å². The number of rotatable bonds is 6. The fourth-order valence-corrected chi connectivity index (χ4v) is 4.18. The van der Waals surface area contributed by atoms with Crippen molar-refractivity contribution in [2.75, 3.05) is 26.2 Å². The second kappa shape index (κ2) is 9.35. The molecular formula is C19H33N5OS. The Morgan fingerprint density at radius 3 is 2.88 bits per heavy atom. The normalized spacial score (nSPS) is 18.8. The van der Waals surface area contributed by atoms with Gasteiger partial charge in [-0.25, -0.2) is 4.98 Å². The van der Waals surface area contributed by atoms with E-state index in [1.807, 2.05) is 0 Å². The van der Waals surface area contributed by atoms with Crippen molar-refractivity contribution in [3.63, 3.8) is 0 Å². The number of aromatic nitrogens is 1. The number of amides is 1. The van der Waals surface area contributed by atoms with Crippen LogP contribution in [0.2, 0.25) is 0 Å². The van der Waals surface area contributed by atoms with Gasteiger partial charge in [0.1, 0.15) is 0 Å². The zero-order valence-corrected chi connectivity index (χ0v) is 17.4. The van der Waals surface area contributed by atoms with Gasteiger partial charge < -0.3 is 16.0 Å². The van der Waals surface area contributed by atoms with Crippen molar-refractivity contribution < 1.29 is 4.79 Å². The van der Waals surface area contributed by atoms with Crippen molar-refractivity contribution in [1.82, 2.24) is 15.2 Å². The Balaban J connectivity index is 1.95. The van der Waals surface area contributed by atoms with Gasteiger partial charge in [0.2, 0.25) is 5.91 Å². The first-order valence-corrected chi connectivity index (χ1v) is 10.4. The van der Waals surface area contributed by atoms with Crippen molar-refractivity contribution in [3.05, 3.63) is 16.1 Å². The van der Waals surface area contributed by atoms with Crippen LogP contribution < -0.4 is 11.1 Å². The Bertz CT molecular complexity index is 620. The molecule has 0 aliphatic carbocycles. The topological polar surface area (TPSA) is 83.6 Å². The van der Waals surface area contributed by atoms with Crippen LogP contribution in [0, 0.1) is 5.92 Å². The minimum Gasteiger partial charge on any atom is -0.370 e. The maximum atomic E-state index is 11.2.